The Balaban J connectivity index is 2.16. The number of rotatable bonds is 5. The summed E-state index contributed by atoms with van der Waals surface area (Å²) in [6, 6.07) is 10.1. The van der Waals surface area contributed by atoms with Gasteiger partial charge >= 0.3 is 0 Å². The van der Waals surface area contributed by atoms with E-state index in [-0.39, 0.29) is 22.6 Å². The highest BCUT2D eigenvalue weighted by atomic mass is 32.2. The summed E-state index contributed by atoms with van der Waals surface area (Å²) in [5.74, 6) is 0.146. The van der Waals surface area contributed by atoms with Gasteiger partial charge in [-0.2, -0.15) is 4.40 Å². The Labute approximate surface area is 159 Å². The standard InChI is InChI=1S/C20H31N3O2S/c1-20(2,3)26(25)22-17-12-11-16(19(24)23(4)5)13-18(17)21-14-15-9-7-6-8-10-15/h6-10,16,18,21H,11-14H2,1-5H3/t16-,18+,26-/m0/s1. The van der Waals surface area contributed by atoms with Crippen LogP contribution in [0, 0.1) is 5.92 Å². The van der Waals surface area contributed by atoms with Gasteiger partial charge in [-0.25, -0.2) is 4.21 Å². The lowest BCUT2D eigenvalue weighted by molar-refractivity contribution is -0.133. The molecule has 144 valence electrons. The van der Waals surface area contributed by atoms with Gasteiger partial charge in [-0.3, -0.25) is 4.79 Å². The van der Waals surface area contributed by atoms with Crippen molar-refractivity contribution in [3.05, 3.63) is 35.9 Å². The van der Waals surface area contributed by atoms with Crippen molar-refractivity contribution < 1.29 is 9.00 Å². The van der Waals surface area contributed by atoms with Crippen molar-refractivity contribution in [2.24, 2.45) is 10.3 Å². The van der Waals surface area contributed by atoms with Gasteiger partial charge in [0.25, 0.3) is 0 Å². The minimum absolute atomic E-state index is 0.0136. The Morgan fingerprint density at radius 1 is 1.27 bits per heavy atom. The molecule has 0 spiro atoms. The number of nitrogens with zero attached hydrogens (tertiary/aromatic N) is 2. The first-order valence-corrected chi connectivity index (χ1v) is 10.3. The van der Waals surface area contributed by atoms with Crippen LogP contribution in [-0.4, -0.2) is 45.6 Å². The molecule has 0 heterocycles. The fourth-order valence-electron chi connectivity index (χ4n) is 3.01. The van der Waals surface area contributed by atoms with E-state index in [1.807, 2.05) is 39.0 Å². The molecule has 0 bridgehead atoms. The molecular formula is C20H31N3O2S. The molecule has 1 aromatic rings. The molecule has 1 fully saturated rings. The van der Waals surface area contributed by atoms with Gasteiger partial charge in [0.1, 0.15) is 11.0 Å². The van der Waals surface area contributed by atoms with Gasteiger partial charge in [0.15, 0.2) is 0 Å². The predicted octanol–water partition coefficient (Wildman–Crippen LogP) is 2.94. The first-order valence-electron chi connectivity index (χ1n) is 9.16. The fraction of sp³-hybridized carbons (Fsp3) is 0.600. The van der Waals surface area contributed by atoms with Crippen LogP contribution in [0.5, 0.6) is 0 Å². The fourth-order valence-corrected chi connectivity index (χ4v) is 3.72. The molecule has 0 aromatic heterocycles. The van der Waals surface area contributed by atoms with Crippen LogP contribution in [-0.2, 0) is 22.3 Å². The molecule has 1 aromatic carbocycles. The van der Waals surface area contributed by atoms with E-state index >= 15 is 0 Å². The van der Waals surface area contributed by atoms with Crippen molar-refractivity contribution in [1.82, 2.24) is 10.2 Å². The van der Waals surface area contributed by atoms with Crippen LogP contribution in [0.3, 0.4) is 0 Å². The summed E-state index contributed by atoms with van der Waals surface area (Å²) in [4.78, 5) is 14.1. The lowest BCUT2D eigenvalue weighted by Crippen LogP contribution is -2.45. The molecule has 0 radical (unpaired) electrons. The zero-order valence-electron chi connectivity index (χ0n) is 16.5. The molecule has 3 atom stereocenters. The van der Waals surface area contributed by atoms with E-state index in [2.05, 4.69) is 21.8 Å². The average Bonchev–Trinajstić information content (AvgIpc) is 2.60. The number of hydrogen-bond donors (Lipinski definition) is 1. The predicted molar refractivity (Wildman–Crippen MR) is 108 cm³/mol. The summed E-state index contributed by atoms with van der Waals surface area (Å²) in [5.41, 5.74) is 2.11. The van der Waals surface area contributed by atoms with Crippen LogP contribution < -0.4 is 5.32 Å². The molecular weight excluding hydrogens is 346 g/mol. The molecule has 6 heteroatoms. The van der Waals surface area contributed by atoms with E-state index in [1.54, 1.807) is 19.0 Å². The highest BCUT2D eigenvalue weighted by Gasteiger charge is 2.33. The van der Waals surface area contributed by atoms with Gasteiger partial charge < -0.3 is 10.2 Å². The van der Waals surface area contributed by atoms with Crippen molar-refractivity contribution in [1.29, 1.82) is 0 Å². The molecule has 1 N–H and O–H groups in total. The van der Waals surface area contributed by atoms with Crippen LogP contribution in [0.25, 0.3) is 0 Å². The van der Waals surface area contributed by atoms with Crippen molar-refractivity contribution in [2.45, 2.75) is 57.4 Å². The van der Waals surface area contributed by atoms with E-state index < -0.39 is 11.0 Å². The summed E-state index contributed by atoms with van der Waals surface area (Å²) in [6.07, 6.45) is 2.17. The molecule has 2 rings (SSSR count). The normalized spacial score (nSPS) is 23.7. The number of carbonyl (C=O) groups is 1. The quantitative estimate of drug-likeness (QED) is 0.858. The number of carbonyl (C=O) groups excluding carboxylic acids is 1. The van der Waals surface area contributed by atoms with E-state index in [0.29, 0.717) is 19.4 Å². The molecule has 0 saturated heterocycles. The third-order valence-electron chi connectivity index (χ3n) is 4.58. The Hall–Kier alpha value is -1.53. The molecule has 1 saturated carbocycles. The van der Waals surface area contributed by atoms with Crippen molar-refractivity contribution in [3.63, 3.8) is 0 Å². The number of nitrogens with one attached hydrogen (secondary N) is 1. The van der Waals surface area contributed by atoms with E-state index in [1.165, 1.54) is 5.56 Å². The van der Waals surface area contributed by atoms with E-state index in [9.17, 15) is 9.00 Å². The summed E-state index contributed by atoms with van der Waals surface area (Å²) in [6.45, 7) is 6.50. The smallest absolute Gasteiger partial charge is 0.225 e. The van der Waals surface area contributed by atoms with Gasteiger partial charge in [0.2, 0.25) is 5.91 Å². The second-order valence-electron chi connectivity index (χ2n) is 8.07. The topological polar surface area (TPSA) is 61.8 Å². The van der Waals surface area contributed by atoms with Crippen molar-refractivity contribution in [3.8, 4) is 0 Å². The van der Waals surface area contributed by atoms with Gasteiger partial charge in [-0.05, 0) is 45.6 Å². The molecule has 1 aliphatic rings. The summed E-state index contributed by atoms with van der Waals surface area (Å²) in [7, 11) is 2.32. The van der Waals surface area contributed by atoms with Crippen LogP contribution in [0.1, 0.15) is 45.6 Å². The van der Waals surface area contributed by atoms with Gasteiger partial charge in [-0.1, -0.05) is 30.3 Å². The molecule has 1 amide bonds. The second-order valence-corrected chi connectivity index (χ2v) is 9.97. The maximum Gasteiger partial charge on any atom is 0.225 e. The largest absolute Gasteiger partial charge is 0.349 e. The van der Waals surface area contributed by atoms with Gasteiger partial charge in [0.05, 0.1) is 4.75 Å². The monoisotopic (exact) mass is 377 g/mol. The molecule has 0 unspecified atom stereocenters. The van der Waals surface area contributed by atoms with E-state index in [4.69, 9.17) is 0 Å². The van der Waals surface area contributed by atoms with Crippen molar-refractivity contribution >= 4 is 22.6 Å². The van der Waals surface area contributed by atoms with Crippen LogP contribution in [0.2, 0.25) is 0 Å². The zero-order chi connectivity index (χ0) is 19.3. The summed E-state index contributed by atoms with van der Waals surface area (Å²) in [5, 5.41) is 3.53. The Morgan fingerprint density at radius 3 is 2.50 bits per heavy atom. The molecule has 26 heavy (non-hydrogen) atoms. The second kappa shape index (κ2) is 8.91. The maximum atomic E-state index is 12.5. The molecule has 5 nitrogen and oxygen atoms in total. The van der Waals surface area contributed by atoms with Gasteiger partial charge in [-0.15, -0.1) is 0 Å². The first kappa shape index (κ1) is 20.8. The average molecular weight is 378 g/mol. The Morgan fingerprint density at radius 2 is 1.92 bits per heavy atom. The van der Waals surface area contributed by atoms with Crippen LogP contribution in [0.4, 0.5) is 0 Å². The number of hydrogen-bond acceptors (Lipinski definition) is 3. The summed E-state index contributed by atoms with van der Waals surface area (Å²) < 4.78 is 16.7. The number of amides is 1. The zero-order valence-corrected chi connectivity index (χ0v) is 17.3. The molecule has 1 aliphatic carbocycles. The Kier molecular flexibility index (Phi) is 7.12. The first-order chi connectivity index (χ1) is 12.2. The van der Waals surface area contributed by atoms with Crippen molar-refractivity contribution in [2.75, 3.05) is 14.1 Å². The highest BCUT2D eigenvalue weighted by Crippen LogP contribution is 2.26. The van der Waals surface area contributed by atoms with E-state index in [0.717, 1.165) is 12.1 Å². The minimum atomic E-state index is -1.28. The SMILES string of the molecule is CN(C)C(=O)[C@H]1CCC(=N[S@@](=O)C(C)(C)C)[C@H](NCc2ccccc2)C1. The third kappa shape index (κ3) is 5.74. The molecule has 0 aliphatic heterocycles. The van der Waals surface area contributed by atoms with Crippen LogP contribution >= 0.6 is 0 Å². The lowest BCUT2D eigenvalue weighted by Gasteiger charge is -2.32. The third-order valence-corrected chi connectivity index (χ3v) is 6.03. The highest BCUT2D eigenvalue weighted by molar-refractivity contribution is 7.85. The maximum absolute atomic E-state index is 12.5. The minimum Gasteiger partial charge on any atom is -0.349 e. The summed E-state index contributed by atoms with van der Waals surface area (Å²) >= 11 is 0. The van der Waals surface area contributed by atoms with Crippen LogP contribution in [0.15, 0.2) is 34.7 Å². The van der Waals surface area contributed by atoms with Gasteiger partial charge in [0, 0.05) is 38.3 Å². The lowest BCUT2D eigenvalue weighted by atomic mass is 9.83. The number of benzene rings is 1. The Bertz CT molecular complexity index is 665.